The van der Waals surface area contributed by atoms with E-state index in [0.29, 0.717) is 6.04 Å². The Kier molecular flexibility index (Phi) is 4.04. The fourth-order valence-electron chi connectivity index (χ4n) is 2.78. The first-order valence-corrected chi connectivity index (χ1v) is 7.38. The minimum Gasteiger partial charge on any atom is -0.493 e. The number of fused-ring (bicyclic) bond motifs is 1. The summed E-state index contributed by atoms with van der Waals surface area (Å²) in [5.74, 6) is 1.49. The third kappa shape index (κ3) is 2.66. The van der Waals surface area contributed by atoms with Crippen LogP contribution < -0.4 is 19.7 Å². The van der Waals surface area contributed by atoms with Crippen molar-refractivity contribution in [1.29, 1.82) is 0 Å². The van der Waals surface area contributed by atoms with E-state index in [1.165, 1.54) is 5.56 Å². The molecule has 1 aromatic carbocycles. The van der Waals surface area contributed by atoms with Gasteiger partial charge >= 0.3 is 0 Å². The van der Waals surface area contributed by atoms with Gasteiger partial charge in [0.1, 0.15) is 0 Å². The maximum Gasteiger partial charge on any atom is 0.162 e. The lowest BCUT2D eigenvalue weighted by atomic mass is 10.1. The van der Waals surface area contributed by atoms with Crippen LogP contribution in [0.2, 0.25) is 0 Å². The molecular formula is C17H21N3O2. The molecule has 5 heteroatoms. The fourth-order valence-corrected chi connectivity index (χ4v) is 2.78. The normalized spacial score (nSPS) is 16.7. The lowest BCUT2D eigenvalue weighted by Gasteiger charge is -2.38. The highest BCUT2D eigenvalue weighted by Crippen LogP contribution is 2.41. The molecule has 1 N–H and O–H groups in total. The van der Waals surface area contributed by atoms with Gasteiger partial charge in [0.25, 0.3) is 0 Å². The molecule has 116 valence electrons. The molecule has 0 saturated heterocycles. The molecule has 1 aliphatic heterocycles. The van der Waals surface area contributed by atoms with E-state index in [2.05, 4.69) is 34.3 Å². The van der Waals surface area contributed by atoms with Gasteiger partial charge in [-0.3, -0.25) is 4.98 Å². The molecule has 22 heavy (non-hydrogen) atoms. The highest BCUT2D eigenvalue weighted by atomic mass is 16.5. The number of methoxy groups -OCH3 is 2. The summed E-state index contributed by atoms with van der Waals surface area (Å²) in [5.41, 5.74) is 3.45. The van der Waals surface area contributed by atoms with E-state index in [0.717, 1.165) is 36.0 Å². The molecule has 0 radical (unpaired) electrons. The van der Waals surface area contributed by atoms with Gasteiger partial charge in [0.2, 0.25) is 0 Å². The Bertz CT molecular complexity index is 646. The van der Waals surface area contributed by atoms with Crippen molar-refractivity contribution in [3.05, 3.63) is 42.2 Å². The largest absolute Gasteiger partial charge is 0.493 e. The van der Waals surface area contributed by atoms with E-state index in [9.17, 15) is 0 Å². The predicted octanol–water partition coefficient (Wildman–Crippen LogP) is 2.92. The van der Waals surface area contributed by atoms with Gasteiger partial charge in [0.15, 0.2) is 11.5 Å². The van der Waals surface area contributed by atoms with Crippen LogP contribution in [-0.2, 0) is 6.54 Å². The second kappa shape index (κ2) is 6.13. The summed E-state index contributed by atoms with van der Waals surface area (Å²) < 4.78 is 10.8. The van der Waals surface area contributed by atoms with Crippen molar-refractivity contribution in [1.82, 2.24) is 4.98 Å². The van der Waals surface area contributed by atoms with E-state index in [1.54, 1.807) is 14.2 Å². The first-order valence-electron chi connectivity index (χ1n) is 7.38. The zero-order valence-electron chi connectivity index (χ0n) is 13.2. The average Bonchev–Trinajstić information content (AvgIpc) is 2.57. The van der Waals surface area contributed by atoms with Crippen LogP contribution in [0.15, 0.2) is 36.7 Å². The average molecular weight is 299 g/mol. The van der Waals surface area contributed by atoms with Crippen LogP contribution in [0.1, 0.15) is 12.5 Å². The minimum atomic E-state index is 0.388. The Morgan fingerprint density at radius 2 is 1.86 bits per heavy atom. The summed E-state index contributed by atoms with van der Waals surface area (Å²) >= 11 is 0. The number of nitrogens with zero attached hydrogens (tertiary/aromatic N) is 2. The van der Waals surface area contributed by atoms with Crippen molar-refractivity contribution in [3.8, 4) is 11.5 Å². The number of hydrogen-bond donors (Lipinski definition) is 1. The molecule has 2 aromatic rings. The number of pyridine rings is 1. The molecular weight excluding hydrogens is 278 g/mol. The van der Waals surface area contributed by atoms with Crippen LogP contribution in [0.3, 0.4) is 0 Å². The summed E-state index contributed by atoms with van der Waals surface area (Å²) in [6, 6.07) is 8.53. The summed E-state index contributed by atoms with van der Waals surface area (Å²) in [5, 5.41) is 3.46. The zero-order valence-corrected chi connectivity index (χ0v) is 13.2. The smallest absolute Gasteiger partial charge is 0.162 e. The number of nitrogens with one attached hydrogen (secondary N) is 1. The molecule has 2 heterocycles. The molecule has 1 aliphatic rings. The molecule has 0 saturated carbocycles. The maximum absolute atomic E-state index is 5.45. The molecule has 1 aromatic heterocycles. The first kappa shape index (κ1) is 14.5. The van der Waals surface area contributed by atoms with Crippen molar-refractivity contribution < 1.29 is 9.47 Å². The topological polar surface area (TPSA) is 46.6 Å². The number of benzene rings is 1. The van der Waals surface area contributed by atoms with Crippen LogP contribution in [0.4, 0.5) is 11.4 Å². The van der Waals surface area contributed by atoms with Crippen LogP contribution in [-0.4, -0.2) is 31.8 Å². The van der Waals surface area contributed by atoms with E-state index in [-0.39, 0.29) is 0 Å². The summed E-state index contributed by atoms with van der Waals surface area (Å²) in [7, 11) is 3.32. The van der Waals surface area contributed by atoms with E-state index >= 15 is 0 Å². The van der Waals surface area contributed by atoms with E-state index < -0.39 is 0 Å². The third-order valence-electron chi connectivity index (χ3n) is 4.03. The molecule has 3 rings (SSSR count). The molecule has 1 atom stereocenters. The van der Waals surface area contributed by atoms with Gasteiger partial charge in [0.05, 0.1) is 25.6 Å². The zero-order chi connectivity index (χ0) is 15.5. The van der Waals surface area contributed by atoms with Gasteiger partial charge in [0, 0.05) is 43.7 Å². The Balaban J connectivity index is 1.98. The second-order valence-corrected chi connectivity index (χ2v) is 5.44. The standard InChI is InChI=1S/C17H21N3O2/c1-12-10-19-14-8-16(21-2)17(22-3)9-15(14)20(12)11-13-4-6-18-7-5-13/h4-9,12,19H,10-11H2,1-3H3. The van der Waals surface area contributed by atoms with Gasteiger partial charge in [-0.25, -0.2) is 0 Å². The predicted molar refractivity (Wildman–Crippen MR) is 87.9 cm³/mol. The molecule has 1 unspecified atom stereocenters. The van der Waals surface area contributed by atoms with Gasteiger partial charge in [-0.1, -0.05) is 0 Å². The Morgan fingerprint density at radius 1 is 1.18 bits per heavy atom. The second-order valence-electron chi connectivity index (χ2n) is 5.44. The Hall–Kier alpha value is -2.43. The van der Waals surface area contributed by atoms with Gasteiger partial charge in [-0.15, -0.1) is 0 Å². The lowest BCUT2D eigenvalue weighted by Crippen LogP contribution is -2.41. The van der Waals surface area contributed by atoms with Crippen molar-refractivity contribution in [2.24, 2.45) is 0 Å². The number of aromatic nitrogens is 1. The van der Waals surface area contributed by atoms with Gasteiger partial charge < -0.3 is 19.7 Å². The first-order chi connectivity index (χ1) is 10.7. The molecule has 0 aliphatic carbocycles. The van der Waals surface area contributed by atoms with Gasteiger partial charge in [-0.2, -0.15) is 0 Å². The van der Waals surface area contributed by atoms with Crippen LogP contribution in [0.25, 0.3) is 0 Å². The van der Waals surface area contributed by atoms with E-state index in [1.807, 2.05) is 24.5 Å². The third-order valence-corrected chi connectivity index (χ3v) is 4.03. The number of anilines is 2. The highest BCUT2D eigenvalue weighted by Gasteiger charge is 2.25. The molecule has 0 fully saturated rings. The summed E-state index contributed by atoms with van der Waals surface area (Å²) in [6.07, 6.45) is 3.66. The SMILES string of the molecule is COc1cc2c(cc1OC)N(Cc1ccncc1)C(C)CN2. The maximum atomic E-state index is 5.45. The minimum absolute atomic E-state index is 0.388. The fraction of sp³-hybridized carbons (Fsp3) is 0.353. The van der Waals surface area contributed by atoms with Gasteiger partial charge in [-0.05, 0) is 24.6 Å². The van der Waals surface area contributed by atoms with Crippen LogP contribution in [0, 0.1) is 0 Å². The highest BCUT2D eigenvalue weighted by molar-refractivity contribution is 5.77. The van der Waals surface area contributed by atoms with Crippen molar-refractivity contribution in [3.63, 3.8) is 0 Å². The van der Waals surface area contributed by atoms with Crippen molar-refractivity contribution in [2.75, 3.05) is 31.0 Å². The number of ether oxygens (including phenoxy) is 2. The Labute approximate surface area is 130 Å². The van der Waals surface area contributed by atoms with Crippen LogP contribution in [0.5, 0.6) is 11.5 Å². The molecule has 0 amide bonds. The van der Waals surface area contributed by atoms with E-state index in [4.69, 9.17) is 9.47 Å². The van der Waals surface area contributed by atoms with Crippen molar-refractivity contribution >= 4 is 11.4 Å². The quantitative estimate of drug-likeness (QED) is 0.940. The molecule has 5 nitrogen and oxygen atoms in total. The number of hydrogen-bond acceptors (Lipinski definition) is 5. The monoisotopic (exact) mass is 299 g/mol. The van der Waals surface area contributed by atoms with Crippen LogP contribution >= 0.6 is 0 Å². The number of rotatable bonds is 4. The van der Waals surface area contributed by atoms with Crippen molar-refractivity contribution in [2.45, 2.75) is 19.5 Å². The molecule has 0 spiro atoms. The summed E-state index contributed by atoms with van der Waals surface area (Å²) in [6.45, 7) is 3.95. The lowest BCUT2D eigenvalue weighted by molar-refractivity contribution is 0.355. The molecule has 0 bridgehead atoms. The Morgan fingerprint density at radius 3 is 2.55 bits per heavy atom. The summed E-state index contributed by atoms with van der Waals surface area (Å²) in [4.78, 5) is 6.46.